The molecule has 1 aliphatic carbocycles. The van der Waals surface area contributed by atoms with Gasteiger partial charge >= 0.3 is 0 Å². The first-order chi connectivity index (χ1) is 8.63. The maximum absolute atomic E-state index is 13.9. The van der Waals surface area contributed by atoms with E-state index in [0.29, 0.717) is 36.4 Å². The average molecular weight is 249 g/mol. The zero-order valence-corrected chi connectivity index (χ0v) is 10.1. The van der Waals surface area contributed by atoms with Crippen LogP contribution in [0.25, 0.3) is 0 Å². The van der Waals surface area contributed by atoms with Crippen molar-refractivity contribution in [2.45, 2.75) is 38.2 Å². The molecule has 0 bridgehead atoms. The molecule has 1 aromatic carbocycles. The first kappa shape index (κ1) is 11.7. The second-order valence-corrected chi connectivity index (χ2v) is 5.27. The molecule has 1 heterocycles. The van der Waals surface area contributed by atoms with Crippen LogP contribution in [-0.4, -0.2) is 11.0 Å². The molecular weight excluding hydrogens is 233 g/mol. The highest BCUT2D eigenvalue weighted by Gasteiger charge is 2.27. The molecule has 1 atom stereocenters. The van der Waals surface area contributed by atoms with Gasteiger partial charge in [0.1, 0.15) is 5.82 Å². The largest absolute Gasteiger partial charge is 0.388 e. The summed E-state index contributed by atoms with van der Waals surface area (Å²) in [6.07, 6.45) is 3.24. The summed E-state index contributed by atoms with van der Waals surface area (Å²) in [6.45, 7) is 0. The molecule has 1 aromatic rings. The standard InChI is InChI=1S/C14H16FNO2/c15-11-7-12-9(3-4-14(18)16-12)6-10(11)13(17)5-8-1-2-8/h6-8,13,17H,1-5H2,(H,16,18). The highest BCUT2D eigenvalue weighted by Crippen LogP contribution is 2.39. The molecule has 2 aliphatic rings. The lowest BCUT2D eigenvalue weighted by Gasteiger charge is -2.20. The molecule has 0 spiro atoms. The van der Waals surface area contributed by atoms with E-state index in [1.165, 1.54) is 6.07 Å². The number of amides is 1. The first-order valence-corrected chi connectivity index (χ1v) is 6.43. The van der Waals surface area contributed by atoms with Crippen LogP contribution in [0.2, 0.25) is 0 Å². The zero-order chi connectivity index (χ0) is 12.7. The predicted molar refractivity (Wildman–Crippen MR) is 65.7 cm³/mol. The van der Waals surface area contributed by atoms with Gasteiger partial charge in [0.15, 0.2) is 0 Å². The van der Waals surface area contributed by atoms with Crippen LogP contribution in [0, 0.1) is 11.7 Å². The van der Waals surface area contributed by atoms with E-state index < -0.39 is 11.9 Å². The van der Waals surface area contributed by atoms with Crippen molar-refractivity contribution in [3.8, 4) is 0 Å². The molecule has 1 aliphatic heterocycles. The summed E-state index contributed by atoms with van der Waals surface area (Å²) in [5.74, 6) is 0.0485. The lowest BCUT2D eigenvalue weighted by molar-refractivity contribution is -0.116. The lowest BCUT2D eigenvalue weighted by atomic mass is 9.96. The van der Waals surface area contributed by atoms with E-state index in [0.717, 1.165) is 18.4 Å². The van der Waals surface area contributed by atoms with E-state index in [1.807, 2.05) is 0 Å². The number of carbonyl (C=O) groups excluding carboxylic acids is 1. The number of carbonyl (C=O) groups is 1. The molecule has 2 N–H and O–H groups in total. The molecule has 96 valence electrons. The van der Waals surface area contributed by atoms with Gasteiger partial charge in [0.05, 0.1) is 6.10 Å². The van der Waals surface area contributed by atoms with Crippen molar-refractivity contribution >= 4 is 11.6 Å². The van der Waals surface area contributed by atoms with Gasteiger partial charge in [-0.3, -0.25) is 4.79 Å². The maximum atomic E-state index is 13.9. The first-order valence-electron chi connectivity index (χ1n) is 6.43. The fourth-order valence-electron chi connectivity index (χ4n) is 2.47. The summed E-state index contributed by atoms with van der Waals surface area (Å²) in [5.41, 5.74) is 1.84. The van der Waals surface area contributed by atoms with Crippen LogP contribution in [0.3, 0.4) is 0 Å². The average Bonchev–Trinajstić information content (AvgIpc) is 3.11. The van der Waals surface area contributed by atoms with E-state index in [4.69, 9.17) is 0 Å². The Balaban J connectivity index is 1.88. The number of rotatable bonds is 3. The van der Waals surface area contributed by atoms with Gasteiger partial charge in [-0.2, -0.15) is 0 Å². The van der Waals surface area contributed by atoms with E-state index in [1.54, 1.807) is 6.07 Å². The fourth-order valence-corrected chi connectivity index (χ4v) is 2.47. The molecule has 1 saturated carbocycles. The second-order valence-electron chi connectivity index (χ2n) is 5.27. The third-order valence-corrected chi connectivity index (χ3v) is 3.73. The topological polar surface area (TPSA) is 49.3 Å². The fraction of sp³-hybridized carbons (Fsp3) is 0.500. The molecule has 0 radical (unpaired) electrons. The Hall–Kier alpha value is -1.42. The quantitative estimate of drug-likeness (QED) is 0.864. The minimum Gasteiger partial charge on any atom is -0.388 e. The van der Waals surface area contributed by atoms with Crippen LogP contribution >= 0.6 is 0 Å². The van der Waals surface area contributed by atoms with Gasteiger partial charge in [0, 0.05) is 17.7 Å². The smallest absolute Gasteiger partial charge is 0.224 e. The molecule has 0 saturated heterocycles. The predicted octanol–water partition coefficient (Wildman–Crippen LogP) is 2.54. The molecule has 4 heteroatoms. The van der Waals surface area contributed by atoms with Crippen molar-refractivity contribution in [2.24, 2.45) is 5.92 Å². The number of nitrogens with one attached hydrogen (secondary N) is 1. The van der Waals surface area contributed by atoms with E-state index in [9.17, 15) is 14.3 Å². The molecule has 3 rings (SSSR count). The lowest BCUT2D eigenvalue weighted by Crippen LogP contribution is -2.20. The minimum atomic E-state index is -0.722. The zero-order valence-electron chi connectivity index (χ0n) is 10.1. The molecule has 18 heavy (non-hydrogen) atoms. The minimum absolute atomic E-state index is 0.0758. The Kier molecular flexibility index (Phi) is 2.82. The third kappa shape index (κ3) is 2.25. The summed E-state index contributed by atoms with van der Waals surface area (Å²) in [6, 6.07) is 3.04. The number of hydrogen-bond donors (Lipinski definition) is 2. The number of aliphatic hydroxyl groups is 1. The van der Waals surface area contributed by atoms with Gasteiger partial charge in [-0.1, -0.05) is 12.8 Å². The van der Waals surface area contributed by atoms with Crippen molar-refractivity contribution < 1.29 is 14.3 Å². The molecule has 1 amide bonds. The van der Waals surface area contributed by atoms with Gasteiger partial charge in [-0.05, 0) is 36.5 Å². The number of anilines is 1. The normalized spacial score (nSPS) is 20.2. The Labute approximate surface area is 105 Å². The van der Waals surface area contributed by atoms with Crippen LogP contribution in [0.1, 0.15) is 42.9 Å². The molecule has 0 aromatic heterocycles. The number of halogens is 1. The van der Waals surface area contributed by atoms with Crippen molar-refractivity contribution in [1.82, 2.24) is 0 Å². The highest BCUT2D eigenvalue weighted by molar-refractivity contribution is 5.93. The van der Waals surface area contributed by atoms with Gasteiger partial charge in [0.25, 0.3) is 0 Å². The number of aliphatic hydroxyl groups excluding tert-OH is 1. The number of fused-ring (bicyclic) bond motifs is 1. The summed E-state index contributed by atoms with van der Waals surface area (Å²) < 4.78 is 13.9. The van der Waals surface area contributed by atoms with Gasteiger partial charge in [-0.25, -0.2) is 4.39 Å². The SMILES string of the molecule is O=C1CCc2cc(C(O)CC3CC3)c(F)cc2N1. The number of hydrogen-bond acceptors (Lipinski definition) is 2. The Morgan fingerprint density at radius 2 is 2.17 bits per heavy atom. The van der Waals surface area contributed by atoms with Crippen LogP contribution in [-0.2, 0) is 11.2 Å². The van der Waals surface area contributed by atoms with Crippen molar-refractivity contribution in [1.29, 1.82) is 0 Å². The van der Waals surface area contributed by atoms with Gasteiger partial charge in [-0.15, -0.1) is 0 Å². The van der Waals surface area contributed by atoms with Crippen molar-refractivity contribution in [2.75, 3.05) is 5.32 Å². The van der Waals surface area contributed by atoms with Crippen LogP contribution < -0.4 is 5.32 Å². The Morgan fingerprint density at radius 1 is 1.39 bits per heavy atom. The summed E-state index contributed by atoms with van der Waals surface area (Å²) in [7, 11) is 0. The second kappa shape index (κ2) is 4.35. The maximum Gasteiger partial charge on any atom is 0.224 e. The van der Waals surface area contributed by atoms with Crippen molar-refractivity contribution in [3.05, 3.63) is 29.1 Å². The highest BCUT2D eigenvalue weighted by atomic mass is 19.1. The van der Waals surface area contributed by atoms with E-state index in [2.05, 4.69) is 5.32 Å². The molecule has 1 fully saturated rings. The molecule has 1 unspecified atom stereocenters. The van der Waals surface area contributed by atoms with Crippen LogP contribution in [0.5, 0.6) is 0 Å². The molecular formula is C14H16FNO2. The van der Waals surface area contributed by atoms with E-state index >= 15 is 0 Å². The molecule has 3 nitrogen and oxygen atoms in total. The van der Waals surface area contributed by atoms with Gasteiger partial charge in [0.2, 0.25) is 5.91 Å². The summed E-state index contributed by atoms with van der Waals surface area (Å²) in [5, 5.41) is 12.7. The van der Waals surface area contributed by atoms with Gasteiger partial charge < -0.3 is 10.4 Å². The number of aryl methyl sites for hydroxylation is 1. The van der Waals surface area contributed by atoms with E-state index in [-0.39, 0.29) is 5.91 Å². The summed E-state index contributed by atoms with van der Waals surface area (Å²) in [4.78, 5) is 11.2. The van der Waals surface area contributed by atoms with Crippen LogP contribution in [0.15, 0.2) is 12.1 Å². The Morgan fingerprint density at radius 3 is 2.89 bits per heavy atom. The Bertz CT molecular complexity index is 497. The third-order valence-electron chi connectivity index (χ3n) is 3.73. The monoisotopic (exact) mass is 249 g/mol. The number of benzene rings is 1. The van der Waals surface area contributed by atoms with Crippen molar-refractivity contribution in [3.63, 3.8) is 0 Å². The summed E-state index contributed by atoms with van der Waals surface area (Å²) >= 11 is 0. The van der Waals surface area contributed by atoms with Crippen LogP contribution in [0.4, 0.5) is 10.1 Å².